The number of carbonyl (C=O) groups excluding carboxylic acids is 1. The first-order chi connectivity index (χ1) is 21.6. The number of nitrogens with one attached hydrogen (secondary N) is 1. The SMILES string of the molecule is COc1cccc(C(=O)NC(Oc2ccc(CCCS(=O)(=O)c3ccc(Br)cc3)cc2)C(=O)O)c1.c1ccc2ncccc2c1. The number of rotatable bonds is 11. The van der Waals surface area contributed by atoms with Gasteiger partial charge in [-0.25, -0.2) is 13.2 Å². The molecule has 1 atom stereocenters. The van der Waals surface area contributed by atoms with Crippen molar-refractivity contribution >= 4 is 48.5 Å². The Labute approximate surface area is 269 Å². The molecule has 0 saturated heterocycles. The van der Waals surface area contributed by atoms with Crippen LogP contribution in [0.2, 0.25) is 0 Å². The third-order valence-electron chi connectivity index (χ3n) is 6.56. The summed E-state index contributed by atoms with van der Waals surface area (Å²) in [5, 5.41) is 13.0. The van der Waals surface area contributed by atoms with Crippen LogP contribution < -0.4 is 14.8 Å². The number of ether oxygens (including phenoxy) is 2. The highest BCUT2D eigenvalue weighted by molar-refractivity contribution is 9.10. The van der Waals surface area contributed by atoms with Gasteiger partial charge < -0.3 is 19.9 Å². The molecule has 0 saturated carbocycles. The Morgan fingerprint density at radius 2 is 1.60 bits per heavy atom. The summed E-state index contributed by atoms with van der Waals surface area (Å²) in [5.74, 6) is -1.27. The van der Waals surface area contributed by atoms with Crippen molar-refractivity contribution in [3.05, 3.63) is 131 Å². The maximum absolute atomic E-state index is 12.5. The molecule has 4 aromatic carbocycles. The number of halogens is 1. The van der Waals surface area contributed by atoms with Crippen molar-refractivity contribution in [2.45, 2.75) is 24.0 Å². The van der Waals surface area contributed by atoms with Crippen molar-refractivity contribution < 1.29 is 32.6 Å². The molecule has 0 aliphatic rings. The van der Waals surface area contributed by atoms with Crippen LogP contribution in [0.3, 0.4) is 0 Å². The van der Waals surface area contributed by atoms with Crippen LogP contribution in [-0.4, -0.2) is 49.5 Å². The van der Waals surface area contributed by atoms with Crippen LogP contribution in [0.1, 0.15) is 22.3 Å². The van der Waals surface area contributed by atoms with Gasteiger partial charge in [-0.3, -0.25) is 9.78 Å². The van der Waals surface area contributed by atoms with Gasteiger partial charge >= 0.3 is 5.97 Å². The molecule has 45 heavy (non-hydrogen) atoms. The molecule has 0 radical (unpaired) electrons. The second-order valence-corrected chi connectivity index (χ2v) is 12.8. The predicted octanol–water partition coefficient (Wildman–Crippen LogP) is 6.32. The molecule has 0 aliphatic carbocycles. The number of aromatic nitrogens is 1. The van der Waals surface area contributed by atoms with Crippen LogP contribution in [0.4, 0.5) is 0 Å². The number of hydrogen-bond donors (Lipinski definition) is 2. The maximum Gasteiger partial charge on any atom is 0.366 e. The highest BCUT2D eigenvalue weighted by atomic mass is 79.9. The quantitative estimate of drug-likeness (QED) is 0.154. The van der Waals surface area contributed by atoms with Gasteiger partial charge in [-0.2, -0.15) is 0 Å². The van der Waals surface area contributed by atoms with E-state index in [0.717, 1.165) is 15.6 Å². The van der Waals surface area contributed by atoms with E-state index in [0.29, 0.717) is 18.6 Å². The zero-order valence-corrected chi connectivity index (χ0v) is 26.7. The lowest BCUT2D eigenvalue weighted by Crippen LogP contribution is -2.44. The lowest BCUT2D eigenvalue weighted by molar-refractivity contribution is -0.146. The fraction of sp³-hybridized carbons (Fsp3) is 0.147. The largest absolute Gasteiger partial charge is 0.497 e. The number of aryl methyl sites for hydroxylation is 1. The Morgan fingerprint density at radius 1 is 0.889 bits per heavy atom. The molecule has 1 heterocycles. The van der Waals surface area contributed by atoms with E-state index in [-0.39, 0.29) is 22.0 Å². The Hall–Kier alpha value is -4.74. The van der Waals surface area contributed by atoms with Crippen LogP contribution in [0.25, 0.3) is 10.9 Å². The van der Waals surface area contributed by atoms with E-state index >= 15 is 0 Å². The average molecular weight is 692 g/mol. The Balaban J connectivity index is 0.000000385. The summed E-state index contributed by atoms with van der Waals surface area (Å²) in [5.41, 5.74) is 2.16. The molecular weight excluding hydrogens is 660 g/mol. The highest BCUT2D eigenvalue weighted by Crippen LogP contribution is 2.19. The standard InChI is InChI=1S/C25H24BrNO7S.C9H7N/c1-33-21-6-2-5-18(16-21)23(28)27-24(25(29)30)34-20-11-7-17(8-12-20)4-3-15-35(31,32)22-13-9-19(26)10-14-22;1-2-6-9-8(4-1)5-3-7-10-9/h2,5-14,16,24H,3-4,15H2,1H3,(H,27,28)(H,29,30);1-7H. The summed E-state index contributed by atoms with van der Waals surface area (Å²) in [7, 11) is -1.92. The first-order valence-corrected chi connectivity index (χ1v) is 16.3. The molecule has 5 aromatic rings. The molecule has 0 bridgehead atoms. The van der Waals surface area contributed by atoms with Gasteiger partial charge in [-0.05, 0) is 85.1 Å². The molecule has 0 spiro atoms. The first-order valence-electron chi connectivity index (χ1n) is 13.9. The minimum atomic E-state index is -3.38. The number of amides is 1. The molecule has 11 heteroatoms. The van der Waals surface area contributed by atoms with E-state index < -0.39 is 27.9 Å². The van der Waals surface area contributed by atoms with Crippen LogP contribution in [-0.2, 0) is 21.1 Å². The Morgan fingerprint density at radius 3 is 2.29 bits per heavy atom. The van der Waals surface area contributed by atoms with Crippen molar-refractivity contribution in [2.24, 2.45) is 0 Å². The summed E-state index contributed by atoms with van der Waals surface area (Å²) in [6, 6.07) is 31.5. The number of carboxylic acids is 1. The normalized spacial score (nSPS) is 11.5. The topological polar surface area (TPSA) is 132 Å². The van der Waals surface area contributed by atoms with E-state index in [4.69, 9.17) is 9.47 Å². The summed E-state index contributed by atoms with van der Waals surface area (Å²) in [6.07, 6.45) is 1.15. The van der Waals surface area contributed by atoms with E-state index in [1.807, 2.05) is 30.5 Å². The number of aliphatic carboxylic acids is 1. The summed E-state index contributed by atoms with van der Waals surface area (Å²) < 4.78 is 36.3. The molecule has 1 unspecified atom stereocenters. The molecule has 0 aliphatic heterocycles. The molecule has 9 nitrogen and oxygen atoms in total. The number of sulfone groups is 1. The van der Waals surface area contributed by atoms with E-state index in [9.17, 15) is 23.1 Å². The summed E-state index contributed by atoms with van der Waals surface area (Å²) in [4.78, 5) is 28.5. The van der Waals surface area contributed by atoms with Crippen LogP contribution >= 0.6 is 15.9 Å². The number of carbonyl (C=O) groups is 2. The van der Waals surface area contributed by atoms with Gasteiger partial charge in [-0.1, -0.05) is 58.4 Å². The monoisotopic (exact) mass is 690 g/mol. The number of pyridine rings is 1. The fourth-order valence-electron chi connectivity index (χ4n) is 4.22. The van der Waals surface area contributed by atoms with Crippen LogP contribution in [0, 0.1) is 0 Å². The number of methoxy groups -OCH3 is 1. The molecule has 1 aromatic heterocycles. The molecular formula is C34H31BrN2O7S. The second-order valence-electron chi connectivity index (χ2n) is 9.76. The smallest absolute Gasteiger partial charge is 0.366 e. The lowest BCUT2D eigenvalue weighted by Gasteiger charge is -2.17. The van der Waals surface area contributed by atoms with Gasteiger partial charge in [0.15, 0.2) is 9.84 Å². The van der Waals surface area contributed by atoms with Gasteiger partial charge in [0.25, 0.3) is 12.1 Å². The van der Waals surface area contributed by atoms with Crippen molar-refractivity contribution in [3.8, 4) is 11.5 Å². The van der Waals surface area contributed by atoms with Crippen molar-refractivity contribution in [1.82, 2.24) is 10.3 Å². The number of nitrogens with zero attached hydrogens (tertiary/aromatic N) is 1. The lowest BCUT2D eigenvalue weighted by atomic mass is 10.1. The first kappa shape index (κ1) is 33.2. The summed E-state index contributed by atoms with van der Waals surface area (Å²) >= 11 is 3.29. The number of fused-ring (bicyclic) bond motifs is 1. The van der Waals surface area contributed by atoms with Crippen LogP contribution in [0.5, 0.6) is 11.5 Å². The van der Waals surface area contributed by atoms with Gasteiger partial charge in [0.2, 0.25) is 0 Å². The van der Waals surface area contributed by atoms with Gasteiger partial charge in [-0.15, -0.1) is 0 Å². The third kappa shape index (κ3) is 9.88. The Kier molecular flexibility index (Phi) is 11.7. The second kappa shape index (κ2) is 15.8. The van der Waals surface area contributed by atoms with E-state index in [1.165, 1.54) is 24.6 Å². The Bertz CT molecular complexity index is 1780. The fourth-order valence-corrected chi connectivity index (χ4v) is 5.80. The minimum absolute atomic E-state index is 0.00424. The zero-order chi connectivity index (χ0) is 32.2. The minimum Gasteiger partial charge on any atom is -0.497 e. The molecule has 2 N–H and O–H groups in total. The van der Waals surface area contributed by atoms with Gasteiger partial charge in [0, 0.05) is 21.6 Å². The molecule has 232 valence electrons. The zero-order valence-electron chi connectivity index (χ0n) is 24.3. The number of carboxylic acid groups (broad SMARTS) is 1. The van der Waals surface area contributed by atoms with Crippen LogP contribution in [0.15, 0.2) is 125 Å². The van der Waals surface area contributed by atoms with Gasteiger partial charge in [0.1, 0.15) is 11.5 Å². The predicted molar refractivity (Wildman–Crippen MR) is 175 cm³/mol. The maximum atomic E-state index is 12.5. The molecule has 1 amide bonds. The molecule has 5 rings (SSSR count). The highest BCUT2D eigenvalue weighted by Gasteiger charge is 2.23. The number of benzene rings is 4. The summed E-state index contributed by atoms with van der Waals surface area (Å²) in [6.45, 7) is 0. The van der Waals surface area contributed by atoms with Crippen molar-refractivity contribution in [3.63, 3.8) is 0 Å². The average Bonchev–Trinajstić information content (AvgIpc) is 3.05. The van der Waals surface area contributed by atoms with E-state index in [2.05, 4.69) is 38.4 Å². The van der Waals surface area contributed by atoms with Crippen molar-refractivity contribution in [2.75, 3.05) is 12.9 Å². The number of hydrogen-bond acceptors (Lipinski definition) is 7. The molecule has 0 fully saturated rings. The van der Waals surface area contributed by atoms with Gasteiger partial charge in [0.05, 0.1) is 23.3 Å². The third-order valence-corrected chi connectivity index (χ3v) is 8.90. The van der Waals surface area contributed by atoms with Crippen molar-refractivity contribution in [1.29, 1.82) is 0 Å². The van der Waals surface area contributed by atoms with E-state index in [1.54, 1.807) is 60.7 Å². The number of para-hydroxylation sites is 1.